The van der Waals surface area contributed by atoms with Crippen LogP contribution in [0.3, 0.4) is 0 Å². The predicted octanol–water partition coefficient (Wildman–Crippen LogP) is 0.468. The lowest BCUT2D eigenvalue weighted by Crippen LogP contribution is -2.44. The summed E-state index contributed by atoms with van der Waals surface area (Å²) in [6.07, 6.45) is 5.19. The molecule has 0 atom stereocenters. The van der Waals surface area contributed by atoms with Gasteiger partial charge in [0.2, 0.25) is 0 Å². The molecule has 1 fully saturated rings. The molecule has 1 saturated carbocycles. The fourth-order valence-electron chi connectivity index (χ4n) is 2.49. The Labute approximate surface area is 109 Å². The van der Waals surface area contributed by atoms with Gasteiger partial charge in [-0.3, -0.25) is 9.59 Å². The number of aliphatic carboxylic acids is 1. The number of imidazole rings is 1. The third-order valence-electron chi connectivity index (χ3n) is 3.69. The van der Waals surface area contributed by atoms with E-state index in [-0.39, 0.29) is 12.2 Å². The molecule has 0 unspecified atom stereocenters. The summed E-state index contributed by atoms with van der Waals surface area (Å²) < 4.78 is 0. The van der Waals surface area contributed by atoms with Crippen molar-refractivity contribution >= 4 is 11.9 Å². The number of nitrogens with one attached hydrogen (secondary N) is 3. The van der Waals surface area contributed by atoms with Gasteiger partial charge in [-0.05, 0) is 12.8 Å². The Morgan fingerprint density at radius 3 is 2.53 bits per heavy atom. The van der Waals surface area contributed by atoms with Gasteiger partial charge in [0, 0.05) is 12.7 Å². The summed E-state index contributed by atoms with van der Waals surface area (Å²) in [5.74, 6) is -1.33. The highest BCUT2D eigenvalue weighted by Crippen LogP contribution is 2.36. The number of hydrogen-bond donors (Lipinski definition) is 4. The van der Waals surface area contributed by atoms with E-state index in [9.17, 15) is 19.5 Å². The van der Waals surface area contributed by atoms with Gasteiger partial charge < -0.3 is 20.4 Å². The molecule has 0 saturated heterocycles. The topological polar surface area (TPSA) is 115 Å². The summed E-state index contributed by atoms with van der Waals surface area (Å²) in [4.78, 5) is 38.7. The Hall–Kier alpha value is -2.05. The van der Waals surface area contributed by atoms with E-state index in [2.05, 4.69) is 15.3 Å². The Morgan fingerprint density at radius 2 is 2.00 bits per heavy atom. The minimum absolute atomic E-state index is 0.0916. The van der Waals surface area contributed by atoms with Gasteiger partial charge in [0.1, 0.15) is 5.69 Å². The standard InChI is InChI=1S/C12H17N3O4/c16-9(8-6-13-11(19)15-8)14-7-12(10(17)18)4-2-1-3-5-12/h6H,1-5,7H2,(H,14,16)(H,17,18)(H2,13,15,19). The molecule has 0 aliphatic heterocycles. The zero-order chi connectivity index (χ0) is 13.9. The fraction of sp³-hybridized carbons (Fsp3) is 0.583. The molecule has 0 bridgehead atoms. The molecule has 1 aliphatic rings. The van der Waals surface area contributed by atoms with E-state index >= 15 is 0 Å². The summed E-state index contributed by atoms with van der Waals surface area (Å²) >= 11 is 0. The number of aromatic amines is 2. The van der Waals surface area contributed by atoms with Crippen molar-refractivity contribution in [1.29, 1.82) is 0 Å². The highest BCUT2D eigenvalue weighted by Gasteiger charge is 2.39. The van der Waals surface area contributed by atoms with Gasteiger partial charge in [-0.1, -0.05) is 19.3 Å². The second kappa shape index (κ2) is 5.29. The van der Waals surface area contributed by atoms with Crippen LogP contribution < -0.4 is 11.0 Å². The molecule has 104 valence electrons. The zero-order valence-corrected chi connectivity index (χ0v) is 10.5. The Bertz CT molecular complexity index is 525. The number of hydrogen-bond acceptors (Lipinski definition) is 3. The van der Waals surface area contributed by atoms with Crippen LogP contribution in [0.15, 0.2) is 11.0 Å². The van der Waals surface area contributed by atoms with Crippen molar-refractivity contribution in [2.75, 3.05) is 6.54 Å². The van der Waals surface area contributed by atoms with Crippen molar-refractivity contribution in [3.05, 3.63) is 22.4 Å². The maximum absolute atomic E-state index is 11.8. The summed E-state index contributed by atoms with van der Waals surface area (Å²) in [5.41, 5.74) is -1.22. The Morgan fingerprint density at radius 1 is 1.32 bits per heavy atom. The molecular formula is C12H17N3O4. The van der Waals surface area contributed by atoms with Gasteiger partial charge in [-0.15, -0.1) is 0 Å². The van der Waals surface area contributed by atoms with E-state index in [1.807, 2.05) is 0 Å². The molecule has 1 aromatic heterocycles. The molecule has 7 heteroatoms. The molecule has 19 heavy (non-hydrogen) atoms. The maximum atomic E-state index is 11.8. The largest absolute Gasteiger partial charge is 0.481 e. The van der Waals surface area contributed by atoms with Crippen LogP contribution in [0.1, 0.15) is 42.6 Å². The van der Waals surface area contributed by atoms with Crippen LogP contribution in [0, 0.1) is 5.41 Å². The van der Waals surface area contributed by atoms with Crippen LogP contribution in [0.4, 0.5) is 0 Å². The second-order valence-corrected chi connectivity index (χ2v) is 4.99. The third kappa shape index (κ3) is 2.86. The summed E-state index contributed by atoms with van der Waals surface area (Å²) in [6, 6.07) is 0. The average molecular weight is 267 g/mol. The van der Waals surface area contributed by atoms with Crippen LogP contribution in [0.2, 0.25) is 0 Å². The van der Waals surface area contributed by atoms with Crippen LogP contribution >= 0.6 is 0 Å². The maximum Gasteiger partial charge on any atom is 0.323 e. The number of carboxylic acids is 1. The van der Waals surface area contributed by atoms with E-state index in [1.54, 1.807) is 0 Å². The molecule has 1 amide bonds. The quantitative estimate of drug-likeness (QED) is 0.634. The predicted molar refractivity (Wildman–Crippen MR) is 66.9 cm³/mol. The lowest BCUT2D eigenvalue weighted by molar-refractivity contribution is -0.150. The lowest BCUT2D eigenvalue weighted by atomic mass is 9.74. The van der Waals surface area contributed by atoms with Crippen molar-refractivity contribution in [2.24, 2.45) is 5.41 Å². The van der Waals surface area contributed by atoms with Gasteiger partial charge in [0.05, 0.1) is 5.41 Å². The fourth-order valence-corrected chi connectivity index (χ4v) is 2.49. The van der Waals surface area contributed by atoms with Gasteiger partial charge >= 0.3 is 11.7 Å². The Balaban J connectivity index is 2.01. The van der Waals surface area contributed by atoms with Crippen molar-refractivity contribution < 1.29 is 14.7 Å². The highest BCUT2D eigenvalue weighted by molar-refractivity contribution is 5.92. The summed E-state index contributed by atoms with van der Waals surface area (Å²) in [5, 5.41) is 12.0. The highest BCUT2D eigenvalue weighted by atomic mass is 16.4. The van der Waals surface area contributed by atoms with Crippen molar-refractivity contribution in [3.8, 4) is 0 Å². The summed E-state index contributed by atoms with van der Waals surface area (Å²) in [7, 11) is 0. The molecule has 2 rings (SSSR count). The second-order valence-electron chi connectivity index (χ2n) is 4.99. The number of rotatable bonds is 4. The Kier molecular flexibility index (Phi) is 3.73. The number of carbonyl (C=O) groups excluding carboxylic acids is 1. The van der Waals surface area contributed by atoms with Crippen molar-refractivity contribution in [3.63, 3.8) is 0 Å². The average Bonchev–Trinajstić information content (AvgIpc) is 2.83. The number of amides is 1. The minimum Gasteiger partial charge on any atom is -0.481 e. The monoisotopic (exact) mass is 267 g/mol. The molecule has 4 N–H and O–H groups in total. The van der Waals surface area contributed by atoms with Gasteiger partial charge in [0.25, 0.3) is 5.91 Å². The first-order valence-corrected chi connectivity index (χ1v) is 6.33. The van der Waals surface area contributed by atoms with Crippen molar-refractivity contribution in [1.82, 2.24) is 15.3 Å². The van der Waals surface area contributed by atoms with Crippen molar-refractivity contribution in [2.45, 2.75) is 32.1 Å². The SMILES string of the molecule is O=C(NCC1(C(=O)O)CCCCC1)c1c[nH]c(=O)[nH]1. The molecule has 1 heterocycles. The first-order chi connectivity index (χ1) is 9.03. The first-order valence-electron chi connectivity index (χ1n) is 6.33. The van der Waals surface area contributed by atoms with E-state index in [4.69, 9.17) is 0 Å². The number of carbonyl (C=O) groups is 2. The van der Waals surface area contributed by atoms with Gasteiger partial charge in [-0.2, -0.15) is 0 Å². The normalized spacial score (nSPS) is 17.9. The van der Waals surface area contributed by atoms with E-state index in [0.717, 1.165) is 19.3 Å². The molecular weight excluding hydrogens is 250 g/mol. The smallest absolute Gasteiger partial charge is 0.323 e. The van der Waals surface area contributed by atoms with E-state index < -0.39 is 23.0 Å². The molecule has 0 aromatic carbocycles. The van der Waals surface area contributed by atoms with Gasteiger partial charge in [0.15, 0.2) is 0 Å². The van der Waals surface area contributed by atoms with E-state index in [1.165, 1.54) is 6.20 Å². The van der Waals surface area contributed by atoms with Crippen LogP contribution in [-0.4, -0.2) is 33.5 Å². The number of H-pyrrole nitrogens is 2. The number of carboxylic acid groups (broad SMARTS) is 1. The first kappa shape index (κ1) is 13.4. The lowest BCUT2D eigenvalue weighted by Gasteiger charge is -2.33. The number of aromatic nitrogens is 2. The molecule has 1 aromatic rings. The molecule has 0 spiro atoms. The van der Waals surface area contributed by atoms with E-state index in [0.29, 0.717) is 12.8 Å². The van der Waals surface area contributed by atoms with Crippen LogP contribution in [0.25, 0.3) is 0 Å². The molecule has 0 radical (unpaired) electrons. The molecule has 1 aliphatic carbocycles. The van der Waals surface area contributed by atoms with Crippen LogP contribution in [0.5, 0.6) is 0 Å². The third-order valence-corrected chi connectivity index (χ3v) is 3.69. The minimum atomic E-state index is -0.871. The summed E-state index contributed by atoms with van der Waals surface area (Å²) in [6.45, 7) is 0.0916. The van der Waals surface area contributed by atoms with Gasteiger partial charge in [-0.25, -0.2) is 4.79 Å². The molecule has 7 nitrogen and oxygen atoms in total. The zero-order valence-electron chi connectivity index (χ0n) is 10.5. The van der Waals surface area contributed by atoms with Crippen LogP contribution in [-0.2, 0) is 4.79 Å².